The summed E-state index contributed by atoms with van der Waals surface area (Å²) in [7, 11) is -1.53. The number of rotatable bonds is 2. The molecule has 1 aromatic rings. The van der Waals surface area contributed by atoms with Gasteiger partial charge in [0.2, 0.25) is 8.32 Å². The topological polar surface area (TPSA) is 35.2 Å². The molecule has 0 aliphatic carbocycles. The molecule has 0 atom stereocenters. The van der Waals surface area contributed by atoms with Gasteiger partial charge < -0.3 is 10.2 Å². The van der Waals surface area contributed by atoms with Gasteiger partial charge in [0.15, 0.2) is 0 Å². The van der Waals surface area contributed by atoms with E-state index < -0.39 is 8.32 Å². The van der Waals surface area contributed by atoms with Gasteiger partial charge in [-0.05, 0) is 44.3 Å². The van der Waals surface area contributed by atoms with E-state index >= 15 is 0 Å². The highest BCUT2D eigenvalue weighted by atomic mass is 28.4. The third-order valence-electron chi connectivity index (χ3n) is 1.58. The molecule has 0 aliphatic heterocycles. The first-order valence-electron chi connectivity index (χ1n) is 4.43. The minimum Gasteiger partial charge on any atom is -0.543 e. The molecule has 72 valence electrons. The van der Waals surface area contributed by atoms with Crippen LogP contribution >= 0.6 is 0 Å². The summed E-state index contributed by atoms with van der Waals surface area (Å²) in [5, 5.41) is 0. The van der Waals surface area contributed by atoms with E-state index in [2.05, 4.69) is 19.6 Å². The third kappa shape index (κ3) is 3.11. The predicted molar refractivity (Wildman–Crippen MR) is 59.6 cm³/mol. The van der Waals surface area contributed by atoms with E-state index in [1.807, 2.05) is 25.1 Å². The highest BCUT2D eigenvalue weighted by Gasteiger charge is 2.17. The Bertz CT molecular complexity index is 304. The Hall–Kier alpha value is -0.963. The van der Waals surface area contributed by atoms with Crippen molar-refractivity contribution in [3.8, 4) is 5.75 Å². The minimum atomic E-state index is -1.53. The molecule has 1 rings (SSSR count). The first kappa shape index (κ1) is 10.1. The molecule has 2 N–H and O–H groups in total. The van der Waals surface area contributed by atoms with E-state index in [0.717, 1.165) is 11.4 Å². The van der Waals surface area contributed by atoms with Crippen LogP contribution in [0.25, 0.3) is 0 Å². The van der Waals surface area contributed by atoms with Gasteiger partial charge in [0.25, 0.3) is 0 Å². The summed E-state index contributed by atoms with van der Waals surface area (Å²) < 4.78 is 5.80. The van der Waals surface area contributed by atoms with Crippen LogP contribution < -0.4 is 10.2 Å². The quantitative estimate of drug-likeness (QED) is 0.582. The Morgan fingerprint density at radius 1 is 1.23 bits per heavy atom. The molecule has 13 heavy (non-hydrogen) atoms. The molecule has 0 bridgehead atoms. The fourth-order valence-electron chi connectivity index (χ4n) is 1.09. The van der Waals surface area contributed by atoms with Gasteiger partial charge in [0.05, 0.1) is 5.69 Å². The maximum Gasteiger partial charge on any atom is 0.242 e. The van der Waals surface area contributed by atoms with Crippen LogP contribution in [0.15, 0.2) is 18.2 Å². The molecule has 0 aliphatic rings. The van der Waals surface area contributed by atoms with Crippen LogP contribution in [0, 0.1) is 6.92 Å². The molecule has 3 heteroatoms. The molecule has 0 amide bonds. The lowest BCUT2D eigenvalue weighted by Gasteiger charge is -2.20. The Kier molecular flexibility index (Phi) is 2.66. The zero-order valence-electron chi connectivity index (χ0n) is 8.72. The van der Waals surface area contributed by atoms with Gasteiger partial charge in [-0.2, -0.15) is 0 Å². The van der Waals surface area contributed by atoms with Crippen molar-refractivity contribution < 1.29 is 4.43 Å². The van der Waals surface area contributed by atoms with Crippen LogP contribution in [0.5, 0.6) is 5.75 Å². The third-order valence-corrected chi connectivity index (χ3v) is 2.41. The summed E-state index contributed by atoms with van der Waals surface area (Å²) >= 11 is 0. The average Bonchev–Trinajstić information content (AvgIpc) is 1.93. The zero-order valence-corrected chi connectivity index (χ0v) is 9.72. The Balaban J connectivity index is 2.90. The number of hydrogen-bond donors (Lipinski definition) is 1. The maximum atomic E-state index is 5.83. The van der Waals surface area contributed by atoms with Crippen LogP contribution in [0.1, 0.15) is 5.56 Å². The SMILES string of the molecule is Cc1ccc(O[Si](C)(C)C)c(N)c1. The number of hydrogen-bond acceptors (Lipinski definition) is 2. The molecule has 0 radical (unpaired) electrons. The number of nitrogen functional groups attached to an aromatic ring is 1. The molecular weight excluding hydrogens is 178 g/mol. The van der Waals surface area contributed by atoms with Crippen LogP contribution in [0.4, 0.5) is 5.69 Å². The first-order chi connectivity index (χ1) is 5.88. The van der Waals surface area contributed by atoms with E-state index in [1.165, 1.54) is 5.56 Å². The molecular formula is C10H17NOSi. The van der Waals surface area contributed by atoms with E-state index in [9.17, 15) is 0 Å². The smallest absolute Gasteiger partial charge is 0.242 e. The van der Waals surface area contributed by atoms with Gasteiger partial charge in [0, 0.05) is 0 Å². The standard InChI is InChI=1S/C10H17NOSi/c1-8-5-6-10(9(11)7-8)12-13(2,3)4/h5-7H,11H2,1-4H3. The van der Waals surface area contributed by atoms with Gasteiger partial charge in [-0.3, -0.25) is 0 Å². The van der Waals surface area contributed by atoms with Gasteiger partial charge >= 0.3 is 0 Å². The van der Waals surface area contributed by atoms with Crippen LogP contribution in [0.3, 0.4) is 0 Å². The van der Waals surface area contributed by atoms with Crippen molar-refractivity contribution in [2.45, 2.75) is 26.6 Å². The highest BCUT2D eigenvalue weighted by molar-refractivity contribution is 6.70. The lowest BCUT2D eigenvalue weighted by Crippen LogP contribution is -2.29. The molecule has 2 nitrogen and oxygen atoms in total. The normalized spacial score (nSPS) is 11.4. The summed E-state index contributed by atoms with van der Waals surface area (Å²) in [6.45, 7) is 8.46. The van der Waals surface area contributed by atoms with Crippen molar-refractivity contribution in [1.82, 2.24) is 0 Å². The number of benzene rings is 1. The first-order valence-corrected chi connectivity index (χ1v) is 7.84. The Morgan fingerprint density at radius 2 is 1.85 bits per heavy atom. The summed E-state index contributed by atoms with van der Waals surface area (Å²) in [5.74, 6) is 0.824. The molecule has 0 aromatic heterocycles. The van der Waals surface area contributed by atoms with Crippen molar-refractivity contribution in [2.75, 3.05) is 5.73 Å². The Labute approximate surface area is 80.8 Å². The molecule has 0 saturated carbocycles. The maximum absolute atomic E-state index is 5.83. The summed E-state index contributed by atoms with van der Waals surface area (Å²) in [6, 6.07) is 5.91. The molecule has 0 unspecified atom stereocenters. The predicted octanol–water partition coefficient (Wildman–Crippen LogP) is 2.79. The number of nitrogens with two attached hydrogens (primary N) is 1. The number of anilines is 1. The lowest BCUT2D eigenvalue weighted by atomic mass is 10.2. The molecule has 0 saturated heterocycles. The van der Waals surface area contributed by atoms with Crippen molar-refractivity contribution in [3.05, 3.63) is 23.8 Å². The van der Waals surface area contributed by atoms with Crippen molar-refractivity contribution in [1.29, 1.82) is 0 Å². The van der Waals surface area contributed by atoms with E-state index in [-0.39, 0.29) is 0 Å². The van der Waals surface area contributed by atoms with Crippen LogP contribution in [-0.2, 0) is 0 Å². The van der Waals surface area contributed by atoms with Crippen molar-refractivity contribution >= 4 is 14.0 Å². The second-order valence-corrected chi connectivity index (χ2v) is 8.68. The average molecular weight is 195 g/mol. The lowest BCUT2D eigenvalue weighted by molar-refractivity contribution is 0.560. The highest BCUT2D eigenvalue weighted by Crippen LogP contribution is 2.24. The summed E-state index contributed by atoms with van der Waals surface area (Å²) in [6.07, 6.45) is 0. The van der Waals surface area contributed by atoms with Gasteiger partial charge in [-0.1, -0.05) is 6.07 Å². The molecule has 0 heterocycles. The van der Waals surface area contributed by atoms with Gasteiger partial charge in [-0.25, -0.2) is 0 Å². The monoisotopic (exact) mass is 195 g/mol. The van der Waals surface area contributed by atoms with Crippen LogP contribution in [0.2, 0.25) is 19.6 Å². The molecule has 0 spiro atoms. The fourth-order valence-corrected chi connectivity index (χ4v) is 1.94. The summed E-state index contributed by atoms with van der Waals surface area (Å²) in [5.41, 5.74) is 7.73. The van der Waals surface area contributed by atoms with Gasteiger partial charge in [0.1, 0.15) is 5.75 Å². The second kappa shape index (κ2) is 3.42. The fraction of sp³-hybridized carbons (Fsp3) is 0.400. The molecule has 1 aromatic carbocycles. The van der Waals surface area contributed by atoms with Crippen molar-refractivity contribution in [2.24, 2.45) is 0 Å². The van der Waals surface area contributed by atoms with E-state index in [0.29, 0.717) is 0 Å². The van der Waals surface area contributed by atoms with E-state index in [4.69, 9.17) is 10.2 Å². The molecule has 0 fully saturated rings. The summed E-state index contributed by atoms with van der Waals surface area (Å²) in [4.78, 5) is 0. The minimum absolute atomic E-state index is 0.738. The van der Waals surface area contributed by atoms with E-state index in [1.54, 1.807) is 0 Å². The largest absolute Gasteiger partial charge is 0.543 e. The van der Waals surface area contributed by atoms with Crippen LogP contribution in [-0.4, -0.2) is 8.32 Å². The number of aryl methyl sites for hydroxylation is 1. The second-order valence-electron chi connectivity index (χ2n) is 4.26. The zero-order chi connectivity index (χ0) is 10.1. The van der Waals surface area contributed by atoms with Crippen molar-refractivity contribution in [3.63, 3.8) is 0 Å². The van der Waals surface area contributed by atoms with Gasteiger partial charge in [-0.15, -0.1) is 0 Å². The Morgan fingerprint density at radius 3 is 2.31 bits per heavy atom.